The first-order valence-corrected chi connectivity index (χ1v) is 7.91. The van der Waals surface area contributed by atoms with Crippen molar-refractivity contribution in [1.82, 2.24) is 9.38 Å². The average Bonchev–Trinajstić information content (AvgIpc) is 3.17. The molecule has 3 heterocycles. The number of carbonyl (C=O) groups excluding carboxylic acids is 1. The fourth-order valence-corrected chi connectivity index (χ4v) is 4.09. The summed E-state index contributed by atoms with van der Waals surface area (Å²) in [5.41, 5.74) is 3.29. The highest BCUT2D eigenvalue weighted by Crippen LogP contribution is 2.29. The quantitative estimate of drug-likeness (QED) is 0.537. The minimum Gasteiger partial charge on any atom is -0.321 e. The first-order valence-electron chi connectivity index (χ1n) is 7.09. The summed E-state index contributed by atoms with van der Waals surface area (Å²) in [5, 5.41) is 2.81. The summed E-state index contributed by atoms with van der Waals surface area (Å²) < 4.78 is 2.01. The van der Waals surface area contributed by atoms with Crippen molar-refractivity contribution < 1.29 is 4.79 Å². The molecule has 0 saturated heterocycles. The molecule has 5 rings (SSSR count). The molecular weight excluding hydrogens is 310 g/mol. The maximum absolute atomic E-state index is 12.9. The molecule has 0 atom stereocenters. The number of para-hydroxylation sites is 3. The van der Waals surface area contributed by atoms with Crippen molar-refractivity contribution in [2.75, 3.05) is 5.32 Å². The van der Waals surface area contributed by atoms with Gasteiger partial charge in [0.1, 0.15) is 4.53 Å². The fraction of sp³-hybridized carbons (Fsp3) is 0. The van der Waals surface area contributed by atoms with Crippen LogP contribution in [0, 0.1) is 0 Å². The molecule has 1 amide bonds. The molecular formula is C17H9N3O2S. The van der Waals surface area contributed by atoms with Gasteiger partial charge in [0.05, 0.1) is 16.6 Å². The SMILES string of the molecule is O=C1Nc2ccccc2/C1=c1/sc2nc3ccccc3n2c1=O. The molecule has 2 aromatic heterocycles. The maximum atomic E-state index is 12.9. The molecule has 0 spiro atoms. The van der Waals surface area contributed by atoms with Crippen LogP contribution in [0.1, 0.15) is 5.56 Å². The van der Waals surface area contributed by atoms with Crippen molar-refractivity contribution in [2.24, 2.45) is 0 Å². The number of nitrogens with one attached hydrogen (secondary N) is 1. The molecule has 0 bridgehead atoms. The normalized spacial score (nSPS) is 16.1. The van der Waals surface area contributed by atoms with Crippen molar-refractivity contribution in [3.8, 4) is 0 Å². The minimum atomic E-state index is -0.239. The molecule has 6 heteroatoms. The van der Waals surface area contributed by atoms with E-state index >= 15 is 0 Å². The summed E-state index contributed by atoms with van der Waals surface area (Å²) in [4.78, 5) is 30.3. The number of thiazole rings is 1. The van der Waals surface area contributed by atoms with E-state index in [-0.39, 0.29) is 11.5 Å². The molecule has 2 aromatic carbocycles. The molecule has 23 heavy (non-hydrogen) atoms. The zero-order valence-corrected chi connectivity index (χ0v) is 12.6. The second-order valence-corrected chi connectivity index (χ2v) is 6.31. The Kier molecular flexibility index (Phi) is 2.33. The standard InChI is InChI=1S/C17H9N3O2S/c21-15-13(9-5-1-2-6-10(9)18-15)14-16(22)20-12-8-4-3-7-11(12)19-17(20)23-14/h1-8H,(H,18,21)/b14-13-. The number of aromatic nitrogens is 2. The molecule has 0 saturated carbocycles. The highest BCUT2D eigenvalue weighted by Gasteiger charge is 2.27. The van der Waals surface area contributed by atoms with Crippen LogP contribution in [0.2, 0.25) is 0 Å². The van der Waals surface area contributed by atoms with Crippen LogP contribution in [0.15, 0.2) is 53.3 Å². The molecule has 1 aliphatic heterocycles. The minimum absolute atomic E-state index is 0.194. The summed E-state index contributed by atoms with van der Waals surface area (Å²) >= 11 is 1.26. The van der Waals surface area contributed by atoms with Gasteiger partial charge in [-0.2, -0.15) is 0 Å². The number of rotatable bonds is 0. The number of anilines is 1. The molecule has 5 nitrogen and oxygen atoms in total. The molecule has 0 unspecified atom stereocenters. The third-order valence-corrected chi connectivity index (χ3v) is 5.06. The van der Waals surface area contributed by atoms with Crippen LogP contribution in [0.3, 0.4) is 0 Å². The lowest BCUT2D eigenvalue weighted by Gasteiger charge is -1.94. The van der Waals surface area contributed by atoms with Gasteiger partial charge in [-0.05, 0) is 18.2 Å². The van der Waals surface area contributed by atoms with E-state index in [1.807, 2.05) is 48.5 Å². The van der Waals surface area contributed by atoms with Crippen molar-refractivity contribution in [2.45, 2.75) is 0 Å². The summed E-state index contributed by atoms with van der Waals surface area (Å²) in [6, 6.07) is 14.9. The molecule has 1 aliphatic rings. The molecule has 110 valence electrons. The Bertz CT molecular complexity index is 1240. The van der Waals surface area contributed by atoms with Crippen LogP contribution in [0.4, 0.5) is 5.69 Å². The third-order valence-electron chi connectivity index (χ3n) is 4.02. The van der Waals surface area contributed by atoms with Crippen LogP contribution in [0.5, 0.6) is 0 Å². The van der Waals surface area contributed by atoms with Crippen molar-refractivity contribution >= 4 is 44.5 Å². The van der Waals surface area contributed by atoms with Gasteiger partial charge < -0.3 is 5.32 Å². The van der Waals surface area contributed by atoms with Gasteiger partial charge in [0.2, 0.25) is 0 Å². The Morgan fingerprint density at radius 1 is 1.00 bits per heavy atom. The van der Waals surface area contributed by atoms with E-state index in [1.54, 1.807) is 4.40 Å². The van der Waals surface area contributed by atoms with Crippen LogP contribution < -0.4 is 15.4 Å². The summed E-state index contributed by atoms with van der Waals surface area (Å²) in [7, 11) is 0. The number of benzene rings is 2. The second kappa shape index (κ2) is 4.27. The first-order chi connectivity index (χ1) is 11.2. The van der Waals surface area contributed by atoms with Gasteiger partial charge in [-0.3, -0.25) is 9.59 Å². The predicted octanol–water partition coefficient (Wildman–Crippen LogP) is 1.78. The Morgan fingerprint density at radius 3 is 2.70 bits per heavy atom. The van der Waals surface area contributed by atoms with Crippen molar-refractivity contribution in [1.29, 1.82) is 0 Å². The number of carbonyl (C=O) groups is 1. The lowest BCUT2D eigenvalue weighted by molar-refractivity contribution is -0.110. The third kappa shape index (κ3) is 1.58. The summed E-state index contributed by atoms with van der Waals surface area (Å²) in [6.07, 6.45) is 0. The number of amides is 1. The molecule has 1 N–H and O–H groups in total. The second-order valence-electron chi connectivity index (χ2n) is 5.33. The van der Waals surface area contributed by atoms with Gasteiger partial charge >= 0.3 is 0 Å². The average molecular weight is 319 g/mol. The highest BCUT2D eigenvalue weighted by atomic mass is 32.1. The Balaban J connectivity index is 1.97. The lowest BCUT2D eigenvalue weighted by atomic mass is 10.1. The summed E-state index contributed by atoms with van der Waals surface area (Å²) in [5.74, 6) is -0.239. The van der Waals surface area contributed by atoms with Gasteiger partial charge in [-0.1, -0.05) is 41.7 Å². The largest absolute Gasteiger partial charge is 0.321 e. The summed E-state index contributed by atoms with van der Waals surface area (Å²) in [6.45, 7) is 0. The number of hydrogen-bond donors (Lipinski definition) is 1. The Labute approximate surface area is 133 Å². The maximum Gasteiger partial charge on any atom is 0.275 e. The number of imidazole rings is 1. The van der Waals surface area contributed by atoms with E-state index in [9.17, 15) is 9.59 Å². The highest BCUT2D eigenvalue weighted by molar-refractivity contribution is 7.15. The fourth-order valence-electron chi connectivity index (χ4n) is 3.01. The zero-order chi connectivity index (χ0) is 15.6. The van der Waals surface area contributed by atoms with E-state index in [2.05, 4.69) is 10.3 Å². The van der Waals surface area contributed by atoms with Crippen molar-refractivity contribution in [3.63, 3.8) is 0 Å². The van der Waals surface area contributed by atoms with Crippen LogP contribution in [0.25, 0.3) is 21.6 Å². The first kappa shape index (κ1) is 12.5. The number of hydrogen-bond acceptors (Lipinski definition) is 4. The van der Waals surface area contributed by atoms with Gasteiger partial charge in [0.15, 0.2) is 4.96 Å². The lowest BCUT2D eigenvalue weighted by Crippen LogP contribution is -2.27. The Hall–Kier alpha value is -2.99. The van der Waals surface area contributed by atoms with E-state index in [1.165, 1.54) is 11.3 Å². The number of nitrogens with zero attached hydrogens (tertiary/aromatic N) is 2. The molecule has 0 radical (unpaired) electrons. The van der Waals surface area contributed by atoms with Gasteiger partial charge in [-0.25, -0.2) is 9.38 Å². The van der Waals surface area contributed by atoms with Gasteiger partial charge in [0.25, 0.3) is 11.5 Å². The van der Waals surface area contributed by atoms with Crippen LogP contribution >= 0.6 is 11.3 Å². The molecule has 0 fully saturated rings. The topological polar surface area (TPSA) is 63.5 Å². The van der Waals surface area contributed by atoms with Gasteiger partial charge in [0, 0.05) is 11.3 Å². The Morgan fingerprint density at radius 2 is 1.78 bits per heavy atom. The van der Waals surface area contributed by atoms with Gasteiger partial charge in [-0.15, -0.1) is 0 Å². The van der Waals surface area contributed by atoms with E-state index in [0.717, 1.165) is 22.3 Å². The number of fused-ring (bicyclic) bond motifs is 4. The molecule has 4 aromatic rings. The zero-order valence-electron chi connectivity index (χ0n) is 11.7. The van der Waals surface area contributed by atoms with Crippen LogP contribution in [-0.4, -0.2) is 15.3 Å². The smallest absolute Gasteiger partial charge is 0.275 e. The predicted molar refractivity (Wildman–Crippen MR) is 89.6 cm³/mol. The monoisotopic (exact) mass is 319 g/mol. The molecule has 0 aliphatic carbocycles. The van der Waals surface area contributed by atoms with E-state index in [4.69, 9.17) is 0 Å². The van der Waals surface area contributed by atoms with E-state index < -0.39 is 0 Å². The van der Waals surface area contributed by atoms with Crippen molar-refractivity contribution in [3.05, 3.63) is 69.0 Å². The van der Waals surface area contributed by atoms with Crippen LogP contribution in [-0.2, 0) is 4.79 Å². The van der Waals surface area contributed by atoms with E-state index in [0.29, 0.717) is 15.1 Å².